The van der Waals surface area contributed by atoms with Crippen LogP contribution in [0, 0.1) is 23.7 Å². The fourth-order valence-corrected chi connectivity index (χ4v) is 4.76. The molecule has 0 radical (unpaired) electrons. The molecule has 3 fully saturated rings. The van der Waals surface area contributed by atoms with Crippen molar-refractivity contribution in [2.45, 2.75) is 56.2 Å². The summed E-state index contributed by atoms with van der Waals surface area (Å²) in [5, 5.41) is 9.14. The van der Waals surface area contributed by atoms with Gasteiger partial charge in [-0.1, -0.05) is 0 Å². The van der Waals surface area contributed by atoms with Crippen LogP contribution in [0.3, 0.4) is 0 Å². The third-order valence-electron chi connectivity index (χ3n) is 5.82. The smallest absolute Gasteiger partial charge is 0.374 e. The Morgan fingerprint density at radius 3 is 2.05 bits per heavy atom. The van der Waals surface area contributed by atoms with E-state index in [2.05, 4.69) is 0 Å². The summed E-state index contributed by atoms with van der Waals surface area (Å²) in [7, 11) is 0. The van der Waals surface area contributed by atoms with Crippen molar-refractivity contribution in [3.63, 3.8) is 0 Å². The number of hydrogen-bond donors (Lipinski definition) is 1. The zero-order chi connectivity index (χ0) is 16.3. The normalized spacial score (nSPS) is 38.6. The topological polar surface area (TPSA) is 29.5 Å². The molecule has 0 saturated heterocycles. The summed E-state index contributed by atoms with van der Waals surface area (Å²) in [6.07, 6.45) is -7.84. The molecular formula is C14H18F6O2. The van der Waals surface area contributed by atoms with E-state index in [0.29, 0.717) is 24.2 Å². The van der Waals surface area contributed by atoms with E-state index in [0.717, 1.165) is 25.7 Å². The van der Waals surface area contributed by atoms with Gasteiger partial charge in [0.1, 0.15) is 0 Å². The quantitative estimate of drug-likeness (QED) is 0.799. The van der Waals surface area contributed by atoms with Crippen molar-refractivity contribution in [3.05, 3.63) is 0 Å². The highest BCUT2D eigenvalue weighted by Crippen LogP contribution is 2.59. The second-order valence-electron chi connectivity index (χ2n) is 6.86. The van der Waals surface area contributed by atoms with Crippen LogP contribution < -0.4 is 0 Å². The number of fused-ring (bicyclic) bond motifs is 5. The monoisotopic (exact) mass is 332 g/mol. The first-order chi connectivity index (χ1) is 10.0. The van der Waals surface area contributed by atoms with Crippen LogP contribution in [-0.2, 0) is 4.74 Å². The maximum atomic E-state index is 12.6. The van der Waals surface area contributed by atoms with E-state index < -0.39 is 30.7 Å². The highest BCUT2D eigenvalue weighted by molar-refractivity contribution is 5.04. The van der Waals surface area contributed by atoms with Crippen molar-refractivity contribution in [2.75, 3.05) is 6.61 Å². The van der Waals surface area contributed by atoms with Crippen LogP contribution in [-0.4, -0.2) is 35.8 Å². The molecule has 0 aromatic carbocycles. The molecule has 8 heteroatoms. The van der Waals surface area contributed by atoms with Gasteiger partial charge in [-0.15, -0.1) is 0 Å². The standard InChI is InChI=1S/C14H18F6O2/c15-13(16,17)12(21,14(18,19)20)6-22-10-4-3-9-7-1-2-8(5-7)11(9)10/h7-11,21H,1-6H2. The lowest BCUT2D eigenvalue weighted by atomic mass is 9.81. The molecule has 3 rings (SSSR count). The zero-order valence-electron chi connectivity index (χ0n) is 11.8. The Hall–Kier alpha value is -0.500. The van der Waals surface area contributed by atoms with Crippen molar-refractivity contribution in [2.24, 2.45) is 23.7 Å². The third kappa shape index (κ3) is 2.33. The van der Waals surface area contributed by atoms with Crippen LogP contribution >= 0.6 is 0 Å². The molecule has 1 N–H and O–H groups in total. The molecular weight excluding hydrogens is 314 g/mol. The molecule has 0 aromatic heterocycles. The molecule has 3 aliphatic carbocycles. The van der Waals surface area contributed by atoms with Gasteiger partial charge in [-0.2, -0.15) is 26.3 Å². The summed E-state index contributed by atoms with van der Waals surface area (Å²) < 4.78 is 80.9. The van der Waals surface area contributed by atoms with Crippen LogP contribution in [0.4, 0.5) is 26.3 Å². The van der Waals surface area contributed by atoms with Crippen LogP contribution in [0.25, 0.3) is 0 Å². The van der Waals surface area contributed by atoms with E-state index in [1.54, 1.807) is 0 Å². The van der Waals surface area contributed by atoms with Crippen LogP contribution in [0.15, 0.2) is 0 Å². The maximum absolute atomic E-state index is 12.6. The number of ether oxygens (including phenoxy) is 1. The first-order valence-corrected chi connectivity index (χ1v) is 7.52. The Bertz CT molecular complexity index is 418. The van der Waals surface area contributed by atoms with E-state index in [1.807, 2.05) is 0 Å². The van der Waals surface area contributed by atoms with Gasteiger partial charge in [-0.05, 0) is 55.8 Å². The van der Waals surface area contributed by atoms with E-state index in [-0.39, 0.29) is 5.92 Å². The fourth-order valence-electron chi connectivity index (χ4n) is 4.76. The predicted molar refractivity (Wildman–Crippen MR) is 63.8 cm³/mol. The number of aliphatic hydroxyl groups is 1. The van der Waals surface area contributed by atoms with Gasteiger partial charge in [0.25, 0.3) is 5.60 Å². The molecule has 5 unspecified atom stereocenters. The highest BCUT2D eigenvalue weighted by Gasteiger charge is 2.71. The van der Waals surface area contributed by atoms with Crippen LogP contribution in [0.1, 0.15) is 32.1 Å². The van der Waals surface area contributed by atoms with Crippen LogP contribution in [0.5, 0.6) is 0 Å². The Labute approximate surface area is 123 Å². The van der Waals surface area contributed by atoms with Crippen LogP contribution in [0.2, 0.25) is 0 Å². The van der Waals surface area contributed by atoms with Crippen molar-refractivity contribution < 1.29 is 36.2 Å². The van der Waals surface area contributed by atoms with Gasteiger partial charge in [-0.25, -0.2) is 0 Å². The van der Waals surface area contributed by atoms with E-state index in [1.165, 1.54) is 0 Å². The largest absolute Gasteiger partial charge is 0.428 e. The Balaban J connectivity index is 1.69. The van der Waals surface area contributed by atoms with E-state index in [4.69, 9.17) is 9.84 Å². The molecule has 0 aliphatic heterocycles. The lowest BCUT2D eigenvalue weighted by molar-refractivity contribution is -0.380. The number of alkyl halides is 6. The SMILES string of the molecule is OC(COC1CCC2C3CCC(C3)C12)(C(F)(F)F)C(F)(F)F. The molecule has 2 bridgehead atoms. The fraction of sp³-hybridized carbons (Fsp3) is 1.00. The van der Waals surface area contributed by atoms with Gasteiger partial charge >= 0.3 is 12.4 Å². The van der Waals surface area contributed by atoms with E-state index in [9.17, 15) is 26.3 Å². The van der Waals surface area contributed by atoms with Gasteiger partial charge in [0.2, 0.25) is 0 Å². The highest BCUT2D eigenvalue weighted by atomic mass is 19.4. The van der Waals surface area contributed by atoms with Crippen molar-refractivity contribution in [1.82, 2.24) is 0 Å². The summed E-state index contributed by atoms with van der Waals surface area (Å²) in [6.45, 7) is -1.77. The molecule has 128 valence electrons. The molecule has 2 nitrogen and oxygen atoms in total. The first-order valence-electron chi connectivity index (χ1n) is 7.52. The van der Waals surface area contributed by atoms with Gasteiger partial charge in [-0.3, -0.25) is 0 Å². The summed E-state index contributed by atoms with van der Waals surface area (Å²) in [6, 6.07) is 0. The lowest BCUT2D eigenvalue weighted by Crippen LogP contribution is -2.60. The molecule has 0 heterocycles. The Kier molecular flexibility index (Phi) is 3.72. The molecule has 3 aliphatic rings. The minimum absolute atomic E-state index is 0.0597. The summed E-state index contributed by atoms with van der Waals surface area (Å²) >= 11 is 0. The minimum atomic E-state index is -5.81. The second kappa shape index (κ2) is 5.00. The van der Waals surface area contributed by atoms with Gasteiger partial charge in [0, 0.05) is 0 Å². The Morgan fingerprint density at radius 1 is 0.864 bits per heavy atom. The minimum Gasteiger partial charge on any atom is -0.374 e. The van der Waals surface area contributed by atoms with Crippen molar-refractivity contribution >= 4 is 0 Å². The lowest BCUT2D eigenvalue weighted by Gasteiger charge is -2.35. The molecule has 0 aromatic rings. The van der Waals surface area contributed by atoms with Crippen molar-refractivity contribution in [1.29, 1.82) is 0 Å². The summed E-state index contributed by atoms with van der Waals surface area (Å²) in [5.41, 5.74) is -4.80. The Morgan fingerprint density at radius 2 is 1.45 bits per heavy atom. The van der Waals surface area contributed by atoms with Crippen molar-refractivity contribution in [3.8, 4) is 0 Å². The van der Waals surface area contributed by atoms with Gasteiger partial charge in [0.15, 0.2) is 0 Å². The molecule has 5 atom stereocenters. The second-order valence-corrected chi connectivity index (χ2v) is 6.86. The zero-order valence-corrected chi connectivity index (χ0v) is 11.8. The first kappa shape index (κ1) is 16.4. The molecule has 22 heavy (non-hydrogen) atoms. The number of hydrogen-bond acceptors (Lipinski definition) is 2. The molecule has 0 amide bonds. The molecule has 3 saturated carbocycles. The number of rotatable bonds is 3. The predicted octanol–water partition coefficient (Wildman–Crippen LogP) is 3.68. The maximum Gasteiger partial charge on any atom is 0.428 e. The van der Waals surface area contributed by atoms with Gasteiger partial charge < -0.3 is 9.84 Å². The third-order valence-corrected chi connectivity index (χ3v) is 5.82. The number of halogens is 6. The molecule has 0 spiro atoms. The average Bonchev–Trinajstić information content (AvgIpc) is 3.06. The van der Waals surface area contributed by atoms with E-state index >= 15 is 0 Å². The summed E-state index contributed by atoms with van der Waals surface area (Å²) in [4.78, 5) is 0. The average molecular weight is 332 g/mol. The summed E-state index contributed by atoms with van der Waals surface area (Å²) in [5.74, 6) is 1.33. The van der Waals surface area contributed by atoms with Gasteiger partial charge in [0.05, 0.1) is 12.7 Å².